The second-order valence-corrected chi connectivity index (χ2v) is 6.29. The summed E-state index contributed by atoms with van der Waals surface area (Å²) in [6, 6.07) is 7.56. The summed E-state index contributed by atoms with van der Waals surface area (Å²) >= 11 is 0. The van der Waals surface area contributed by atoms with Gasteiger partial charge in [0, 0.05) is 5.56 Å². The molecule has 0 radical (unpaired) electrons. The highest BCUT2D eigenvalue weighted by atomic mass is 16.3. The maximum atomic E-state index is 12.6. The second-order valence-electron chi connectivity index (χ2n) is 6.29. The molecule has 1 aliphatic carbocycles. The molecule has 116 valence electrons. The number of carbonyl (C=O) groups is 1. The van der Waals surface area contributed by atoms with Crippen LogP contribution in [0.15, 0.2) is 24.3 Å². The topological polar surface area (TPSA) is 75.3 Å². The van der Waals surface area contributed by atoms with Crippen LogP contribution in [0.4, 0.5) is 0 Å². The standard InChI is InChI=1S/C17H26N2O2/c1-13-5-4-9-17(11-13,12-20)19-16(21)15-7-3-2-6-14(15)8-10-18/h2-3,6-7,13,20H,4-5,8-12,18H2,1H3,(H,19,21). The van der Waals surface area contributed by atoms with Crippen molar-refractivity contribution in [1.82, 2.24) is 5.32 Å². The quantitative estimate of drug-likeness (QED) is 0.775. The van der Waals surface area contributed by atoms with E-state index in [9.17, 15) is 9.90 Å². The molecule has 0 spiro atoms. The monoisotopic (exact) mass is 290 g/mol. The van der Waals surface area contributed by atoms with Gasteiger partial charge >= 0.3 is 0 Å². The third kappa shape index (κ3) is 3.83. The molecule has 1 aromatic rings. The van der Waals surface area contributed by atoms with Crippen LogP contribution >= 0.6 is 0 Å². The lowest BCUT2D eigenvalue weighted by Gasteiger charge is -2.39. The lowest BCUT2D eigenvalue weighted by atomic mass is 9.76. The lowest BCUT2D eigenvalue weighted by Crippen LogP contribution is -2.54. The zero-order chi connectivity index (χ0) is 15.3. The highest BCUT2D eigenvalue weighted by Crippen LogP contribution is 2.32. The minimum absolute atomic E-state index is 0.00212. The van der Waals surface area contributed by atoms with Crippen molar-refractivity contribution in [3.8, 4) is 0 Å². The van der Waals surface area contributed by atoms with Crippen molar-refractivity contribution in [2.45, 2.75) is 44.6 Å². The summed E-state index contributed by atoms with van der Waals surface area (Å²) in [5, 5.41) is 12.9. The first-order valence-electron chi connectivity index (χ1n) is 7.81. The predicted octanol–water partition coefficient (Wildman–Crippen LogP) is 1.86. The van der Waals surface area contributed by atoms with Crippen LogP contribution in [0.1, 0.15) is 48.5 Å². The summed E-state index contributed by atoms with van der Waals surface area (Å²) in [7, 11) is 0. The Labute approximate surface area is 126 Å². The Kier molecular flexibility index (Phi) is 5.37. The van der Waals surface area contributed by atoms with Gasteiger partial charge in [-0.25, -0.2) is 0 Å². The maximum Gasteiger partial charge on any atom is 0.252 e. The largest absolute Gasteiger partial charge is 0.394 e. The normalized spacial score (nSPS) is 25.6. The summed E-state index contributed by atoms with van der Waals surface area (Å²) < 4.78 is 0. The van der Waals surface area contributed by atoms with Gasteiger partial charge < -0.3 is 16.2 Å². The van der Waals surface area contributed by atoms with E-state index in [1.165, 1.54) is 6.42 Å². The Morgan fingerprint density at radius 2 is 2.24 bits per heavy atom. The number of aliphatic hydroxyl groups excluding tert-OH is 1. The van der Waals surface area contributed by atoms with E-state index in [1.807, 2.05) is 24.3 Å². The zero-order valence-corrected chi connectivity index (χ0v) is 12.8. The Morgan fingerprint density at radius 3 is 2.90 bits per heavy atom. The molecule has 0 aromatic heterocycles. The summed E-state index contributed by atoms with van der Waals surface area (Å²) in [5.41, 5.74) is 6.79. The van der Waals surface area contributed by atoms with Gasteiger partial charge in [-0.1, -0.05) is 38.0 Å². The number of hydrogen-bond acceptors (Lipinski definition) is 3. The minimum Gasteiger partial charge on any atom is -0.394 e. The van der Waals surface area contributed by atoms with Crippen LogP contribution in [0.25, 0.3) is 0 Å². The van der Waals surface area contributed by atoms with Crippen molar-refractivity contribution < 1.29 is 9.90 Å². The summed E-state index contributed by atoms with van der Waals surface area (Å²) in [6.45, 7) is 2.70. The number of aliphatic hydroxyl groups is 1. The average molecular weight is 290 g/mol. The molecular formula is C17H26N2O2. The van der Waals surface area contributed by atoms with Crippen LogP contribution in [0.3, 0.4) is 0 Å². The van der Waals surface area contributed by atoms with Crippen molar-refractivity contribution in [2.75, 3.05) is 13.2 Å². The number of rotatable bonds is 5. The van der Waals surface area contributed by atoms with Crippen molar-refractivity contribution in [1.29, 1.82) is 0 Å². The molecule has 4 heteroatoms. The van der Waals surface area contributed by atoms with Gasteiger partial charge in [-0.15, -0.1) is 0 Å². The molecule has 1 aromatic carbocycles. The van der Waals surface area contributed by atoms with E-state index in [0.717, 1.165) is 24.8 Å². The first-order chi connectivity index (χ1) is 10.1. The van der Waals surface area contributed by atoms with Crippen molar-refractivity contribution >= 4 is 5.91 Å². The highest BCUT2D eigenvalue weighted by Gasteiger charge is 2.36. The maximum absolute atomic E-state index is 12.6. The van der Waals surface area contributed by atoms with Crippen LogP contribution in [0, 0.1) is 5.92 Å². The lowest BCUT2D eigenvalue weighted by molar-refractivity contribution is 0.0696. The highest BCUT2D eigenvalue weighted by molar-refractivity contribution is 5.96. The van der Waals surface area contributed by atoms with Gasteiger partial charge in [-0.2, -0.15) is 0 Å². The summed E-state index contributed by atoms with van der Waals surface area (Å²) in [5.74, 6) is 0.438. The molecule has 4 N–H and O–H groups in total. The average Bonchev–Trinajstić information content (AvgIpc) is 2.48. The minimum atomic E-state index is -0.468. The van der Waals surface area contributed by atoms with E-state index in [1.54, 1.807) is 0 Å². The fourth-order valence-corrected chi connectivity index (χ4v) is 3.38. The summed E-state index contributed by atoms with van der Waals surface area (Å²) in [4.78, 5) is 12.6. The zero-order valence-electron chi connectivity index (χ0n) is 12.8. The Morgan fingerprint density at radius 1 is 1.48 bits per heavy atom. The predicted molar refractivity (Wildman–Crippen MR) is 84.1 cm³/mol. The van der Waals surface area contributed by atoms with Crippen LogP contribution in [-0.2, 0) is 6.42 Å². The molecule has 1 fully saturated rings. The fraction of sp³-hybridized carbons (Fsp3) is 0.588. The Balaban J connectivity index is 2.16. The first-order valence-corrected chi connectivity index (χ1v) is 7.81. The molecule has 4 nitrogen and oxygen atoms in total. The third-order valence-corrected chi connectivity index (χ3v) is 4.45. The van der Waals surface area contributed by atoms with Crippen molar-refractivity contribution in [2.24, 2.45) is 11.7 Å². The Hall–Kier alpha value is -1.39. The third-order valence-electron chi connectivity index (χ3n) is 4.45. The number of hydrogen-bond donors (Lipinski definition) is 3. The molecule has 1 aliphatic rings. The molecule has 0 heterocycles. The van der Waals surface area contributed by atoms with Gasteiger partial charge in [-0.05, 0) is 43.4 Å². The molecule has 0 aliphatic heterocycles. The molecule has 1 saturated carbocycles. The molecule has 0 bridgehead atoms. The first kappa shape index (κ1) is 16.0. The number of amides is 1. The number of carbonyl (C=O) groups excluding carboxylic acids is 1. The SMILES string of the molecule is CC1CCCC(CO)(NC(=O)c2ccccc2CCN)C1. The molecule has 2 rings (SSSR count). The van der Waals surface area contributed by atoms with Gasteiger partial charge in [-0.3, -0.25) is 4.79 Å². The molecule has 0 saturated heterocycles. The number of nitrogens with one attached hydrogen (secondary N) is 1. The molecule has 21 heavy (non-hydrogen) atoms. The molecule has 2 unspecified atom stereocenters. The molecular weight excluding hydrogens is 264 g/mol. The van der Waals surface area contributed by atoms with E-state index in [0.29, 0.717) is 24.4 Å². The van der Waals surface area contributed by atoms with Crippen LogP contribution in [-0.4, -0.2) is 29.7 Å². The van der Waals surface area contributed by atoms with E-state index < -0.39 is 5.54 Å². The van der Waals surface area contributed by atoms with Crippen molar-refractivity contribution in [3.05, 3.63) is 35.4 Å². The number of benzene rings is 1. The molecule has 1 amide bonds. The van der Waals surface area contributed by atoms with E-state index in [4.69, 9.17) is 5.73 Å². The fourth-order valence-electron chi connectivity index (χ4n) is 3.38. The van der Waals surface area contributed by atoms with Crippen LogP contribution in [0.2, 0.25) is 0 Å². The summed E-state index contributed by atoms with van der Waals surface area (Å²) in [6.07, 6.45) is 4.59. The number of nitrogens with two attached hydrogens (primary N) is 1. The van der Waals surface area contributed by atoms with E-state index >= 15 is 0 Å². The van der Waals surface area contributed by atoms with Gasteiger partial charge in [0.1, 0.15) is 0 Å². The van der Waals surface area contributed by atoms with Crippen LogP contribution < -0.4 is 11.1 Å². The van der Waals surface area contributed by atoms with E-state index in [-0.39, 0.29) is 12.5 Å². The molecule has 2 atom stereocenters. The Bertz CT molecular complexity index is 489. The van der Waals surface area contributed by atoms with Gasteiger partial charge in [0.2, 0.25) is 0 Å². The van der Waals surface area contributed by atoms with Gasteiger partial charge in [0.15, 0.2) is 0 Å². The van der Waals surface area contributed by atoms with E-state index in [2.05, 4.69) is 12.2 Å². The van der Waals surface area contributed by atoms with Crippen LogP contribution in [0.5, 0.6) is 0 Å². The van der Waals surface area contributed by atoms with Crippen molar-refractivity contribution in [3.63, 3.8) is 0 Å². The smallest absolute Gasteiger partial charge is 0.252 e. The second kappa shape index (κ2) is 7.05. The van der Waals surface area contributed by atoms with Gasteiger partial charge in [0.25, 0.3) is 5.91 Å². The van der Waals surface area contributed by atoms with Gasteiger partial charge in [0.05, 0.1) is 12.1 Å².